The Kier molecular flexibility index (Phi) is 9.07. The number of hydrogen-bond acceptors (Lipinski definition) is 4. The number of unbranched alkanes of at least 4 members (excludes halogenated alkanes) is 2. The standard InChI is InChI=1S/C33H44FN5O2/c1-4-26(40)9-7-6-8-10-28(35-32(41)27-21-33(27)16-19-39(5-2)20-17-33)30-29(24-15-18-38(3)22-24)36-31(37-30)23-11-13-25(34)14-12-23/h11-15,18,22,27-28H,4-10,16-17,19-21H2,1-3H3,(H,35,41)(H,36,37). The van der Waals surface area contributed by atoms with E-state index in [1.54, 1.807) is 12.1 Å². The van der Waals surface area contributed by atoms with Crippen molar-refractivity contribution in [3.63, 3.8) is 0 Å². The van der Waals surface area contributed by atoms with Gasteiger partial charge in [-0.05, 0) is 87.5 Å². The highest BCUT2D eigenvalue weighted by molar-refractivity contribution is 5.83. The molecule has 1 aliphatic carbocycles. The summed E-state index contributed by atoms with van der Waals surface area (Å²) in [4.78, 5) is 36.5. The minimum absolute atomic E-state index is 0.0610. The molecule has 8 heteroatoms. The molecule has 2 N–H and O–H groups in total. The zero-order valence-electron chi connectivity index (χ0n) is 24.7. The Balaban J connectivity index is 1.39. The predicted molar refractivity (Wildman–Crippen MR) is 160 cm³/mol. The van der Waals surface area contributed by atoms with Crippen LogP contribution in [0.1, 0.15) is 83.4 Å². The van der Waals surface area contributed by atoms with Crippen LogP contribution in [-0.2, 0) is 16.6 Å². The molecule has 41 heavy (non-hydrogen) atoms. The Hall–Kier alpha value is -3.26. The highest BCUT2D eigenvalue weighted by Crippen LogP contribution is 2.59. The maximum atomic E-state index is 13.7. The van der Waals surface area contributed by atoms with Crippen LogP contribution in [0, 0.1) is 17.2 Å². The summed E-state index contributed by atoms with van der Waals surface area (Å²) in [5.41, 5.74) is 3.59. The summed E-state index contributed by atoms with van der Waals surface area (Å²) < 4.78 is 15.7. The topological polar surface area (TPSA) is 83.0 Å². The number of carbonyl (C=O) groups is 2. The van der Waals surface area contributed by atoms with Crippen molar-refractivity contribution in [1.29, 1.82) is 0 Å². The molecule has 1 spiro atoms. The lowest BCUT2D eigenvalue weighted by Gasteiger charge is -2.32. The number of aromatic amines is 1. The maximum Gasteiger partial charge on any atom is 0.224 e. The van der Waals surface area contributed by atoms with E-state index >= 15 is 0 Å². The number of likely N-dealkylation sites (tertiary alicyclic amines) is 1. The van der Waals surface area contributed by atoms with E-state index in [4.69, 9.17) is 4.98 Å². The first kappa shape index (κ1) is 29.2. The molecule has 5 rings (SSSR count). The first-order valence-electron chi connectivity index (χ1n) is 15.3. The first-order valence-corrected chi connectivity index (χ1v) is 15.3. The third-order valence-electron chi connectivity index (χ3n) is 9.27. The van der Waals surface area contributed by atoms with Crippen LogP contribution in [0.5, 0.6) is 0 Å². The second-order valence-electron chi connectivity index (χ2n) is 12.0. The number of nitrogens with one attached hydrogen (secondary N) is 2. The summed E-state index contributed by atoms with van der Waals surface area (Å²) in [6.45, 7) is 7.32. The predicted octanol–water partition coefficient (Wildman–Crippen LogP) is 6.43. The van der Waals surface area contributed by atoms with Gasteiger partial charge >= 0.3 is 0 Å². The van der Waals surface area contributed by atoms with Gasteiger partial charge in [0, 0.05) is 49.3 Å². The number of halogens is 1. The largest absolute Gasteiger partial charge is 0.357 e. The normalized spacial score (nSPS) is 18.9. The summed E-state index contributed by atoms with van der Waals surface area (Å²) in [7, 11) is 1.98. The molecule has 1 aromatic carbocycles. The third kappa shape index (κ3) is 6.80. The molecule has 3 heterocycles. The van der Waals surface area contributed by atoms with Gasteiger partial charge in [0.05, 0.1) is 17.4 Å². The van der Waals surface area contributed by atoms with Crippen molar-refractivity contribution >= 4 is 11.7 Å². The Morgan fingerprint density at radius 3 is 2.51 bits per heavy atom. The van der Waals surface area contributed by atoms with E-state index in [0.717, 1.165) is 87.1 Å². The number of ketones is 1. The number of H-pyrrole nitrogens is 1. The van der Waals surface area contributed by atoms with Crippen LogP contribution < -0.4 is 5.32 Å². The molecule has 0 radical (unpaired) electrons. The number of amides is 1. The van der Waals surface area contributed by atoms with Crippen molar-refractivity contribution in [3.8, 4) is 22.6 Å². The van der Waals surface area contributed by atoms with Gasteiger partial charge in [0.1, 0.15) is 17.4 Å². The SMILES string of the molecule is CCC(=O)CCCCCC(NC(=O)C1CC12CCN(CC)CC2)c1[nH]c(-c2ccc(F)cc2)nc1-c1ccn(C)c1. The number of Topliss-reactive ketones (excluding diaryl/α,β-unsaturated/α-hetero) is 1. The molecule has 2 aliphatic rings. The van der Waals surface area contributed by atoms with Gasteiger partial charge in [0.25, 0.3) is 0 Å². The fourth-order valence-electron chi connectivity index (χ4n) is 6.42. The lowest BCUT2D eigenvalue weighted by Crippen LogP contribution is -2.37. The van der Waals surface area contributed by atoms with Crippen LogP contribution in [-0.4, -0.2) is 50.8 Å². The number of imidazole rings is 1. The van der Waals surface area contributed by atoms with Crippen LogP contribution in [0.25, 0.3) is 22.6 Å². The molecule has 1 amide bonds. The fraction of sp³-hybridized carbons (Fsp3) is 0.545. The number of aromatic nitrogens is 3. The summed E-state index contributed by atoms with van der Waals surface area (Å²) in [5.74, 6) is 0.857. The molecule has 220 valence electrons. The summed E-state index contributed by atoms with van der Waals surface area (Å²) in [6, 6.07) is 8.11. The van der Waals surface area contributed by atoms with Gasteiger partial charge in [-0.2, -0.15) is 0 Å². The minimum atomic E-state index is -0.293. The Bertz CT molecular complexity index is 1340. The van der Waals surface area contributed by atoms with Crippen LogP contribution in [0.15, 0.2) is 42.7 Å². The molecule has 3 aromatic rings. The van der Waals surface area contributed by atoms with E-state index in [-0.39, 0.29) is 29.1 Å². The number of nitrogens with zero attached hydrogens (tertiary/aromatic N) is 3. The van der Waals surface area contributed by atoms with Crippen LogP contribution in [0.3, 0.4) is 0 Å². The van der Waals surface area contributed by atoms with E-state index in [1.165, 1.54) is 12.1 Å². The zero-order valence-corrected chi connectivity index (χ0v) is 24.7. The van der Waals surface area contributed by atoms with Gasteiger partial charge < -0.3 is 19.8 Å². The number of carbonyl (C=O) groups excluding carboxylic acids is 2. The molecule has 1 saturated heterocycles. The Morgan fingerprint density at radius 2 is 1.85 bits per heavy atom. The number of aryl methyl sites for hydroxylation is 1. The second kappa shape index (κ2) is 12.7. The van der Waals surface area contributed by atoms with Crippen molar-refractivity contribution in [1.82, 2.24) is 24.8 Å². The van der Waals surface area contributed by atoms with Gasteiger partial charge in [-0.1, -0.05) is 26.7 Å². The van der Waals surface area contributed by atoms with Crippen molar-refractivity contribution in [2.75, 3.05) is 19.6 Å². The number of piperidine rings is 1. The van der Waals surface area contributed by atoms with E-state index in [1.807, 2.05) is 37.0 Å². The van der Waals surface area contributed by atoms with Crippen LogP contribution in [0.2, 0.25) is 0 Å². The quantitative estimate of drug-likeness (QED) is 0.236. The average Bonchev–Trinajstić information content (AvgIpc) is 3.27. The molecule has 0 bridgehead atoms. The van der Waals surface area contributed by atoms with Crippen LogP contribution >= 0.6 is 0 Å². The van der Waals surface area contributed by atoms with Gasteiger partial charge in [-0.25, -0.2) is 9.37 Å². The fourth-order valence-corrected chi connectivity index (χ4v) is 6.42. The smallest absolute Gasteiger partial charge is 0.224 e. The van der Waals surface area contributed by atoms with E-state index in [2.05, 4.69) is 22.1 Å². The summed E-state index contributed by atoms with van der Waals surface area (Å²) >= 11 is 0. The molecule has 1 aliphatic heterocycles. The lowest BCUT2D eigenvalue weighted by molar-refractivity contribution is -0.124. The lowest BCUT2D eigenvalue weighted by atomic mass is 9.90. The monoisotopic (exact) mass is 561 g/mol. The van der Waals surface area contributed by atoms with Gasteiger partial charge in [0.15, 0.2) is 0 Å². The number of rotatable bonds is 13. The van der Waals surface area contributed by atoms with Gasteiger partial charge in [-0.15, -0.1) is 0 Å². The molecule has 2 fully saturated rings. The number of hydrogen-bond donors (Lipinski definition) is 2. The van der Waals surface area contributed by atoms with Crippen molar-refractivity contribution in [2.45, 2.75) is 77.7 Å². The second-order valence-corrected chi connectivity index (χ2v) is 12.0. The number of benzene rings is 1. The molecule has 2 aromatic heterocycles. The molecule has 2 atom stereocenters. The molecule has 1 saturated carbocycles. The average molecular weight is 562 g/mol. The highest BCUT2D eigenvalue weighted by atomic mass is 19.1. The Labute approximate surface area is 242 Å². The minimum Gasteiger partial charge on any atom is -0.357 e. The van der Waals surface area contributed by atoms with Crippen LogP contribution in [0.4, 0.5) is 4.39 Å². The summed E-state index contributed by atoms with van der Waals surface area (Å²) in [6.07, 6.45) is 11.8. The molecular weight excluding hydrogens is 517 g/mol. The third-order valence-corrected chi connectivity index (χ3v) is 9.27. The molecule has 7 nitrogen and oxygen atoms in total. The van der Waals surface area contributed by atoms with E-state index < -0.39 is 0 Å². The van der Waals surface area contributed by atoms with Crippen molar-refractivity contribution < 1.29 is 14.0 Å². The molecular formula is C33H44FN5O2. The highest BCUT2D eigenvalue weighted by Gasteiger charge is 2.58. The first-order chi connectivity index (χ1) is 19.8. The Morgan fingerprint density at radius 1 is 1.10 bits per heavy atom. The van der Waals surface area contributed by atoms with Crippen molar-refractivity contribution in [3.05, 3.63) is 54.2 Å². The maximum absolute atomic E-state index is 13.7. The van der Waals surface area contributed by atoms with Gasteiger partial charge in [-0.3, -0.25) is 9.59 Å². The van der Waals surface area contributed by atoms with Gasteiger partial charge in [0.2, 0.25) is 5.91 Å². The van der Waals surface area contributed by atoms with E-state index in [0.29, 0.717) is 24.4 Å². The molecule has 2 unspecified atom stereocenters. The van der Waals surface area contributed by atoms with Crippen molar-refractivity contribution in [2.24, 2.45) is 18.4 Å². The summed E-state index contributed by atoms with van der Waals surface area (Å²) in [5, 5.41) is 3.44. The van der Waals surface area contributed by atoms with E-state index in [9.17, 15) is 14.0 Å². The zero-order chi connectivity index (χ0) is 29.0.